The molecule has 0 amide bonds. The van der Waals surface area contributed by atoms with Gasteiger partial charge in [-0.25, -0.2) is 0 Å². The van der Waals surface area contributed by atoms with Crippen LogP contribution in [0.4, 0.5) is 18.9 Å². The molecule has 0 aliphatic rings. The maximum atomic E-state index is 13.2. The van der Waals surface area contributed by atoms with Crippen LogP contribution in [0.1, 0.15) is 18.1 Å². The minimum atomic E-state index is -4.57. The van der Waals surface area contributed by atoms with Gasteiger partial charge in [0, 0.05) is 17.8 Å². The van der Waals surface area contributed by atoms with Crippen LogP contribution in [0.15, 0.2) is 59.6 Å². The third-order valence-electron chi connectivity index (χ3n) is 4.08. The maximum Gasteiger partial charge on any atom is 0.416 e. The number of rotatable bonds is 6. The predicted molar refractivity (Wildman–Crippen MR) is 115 cm³/mol. The lowest BCUT2D eigenvalue weighted by Crippen LogP contribution is -2.04. The molecular formula is C22H16Cl2F3NO3. The van der Waals surface area contributed by atoms with Gasteiger partial charge in [0.15, 0.2) is 17.2 Å². The fourth-order valence-electron chi connectivity index (χ4n) is 2.60. The molecule has 0 unspecified atom stereocenters. The molecule has 3 rings (SSSR count). The van der Waals surface area contributed by atoms with Gasteiger partial charge in [0.05, 0.1) is 22.2 Å². The van der Waals surface area contributed by atoms with Gasteiger partial charge in [-0.15, -0.1) is 0 Å². The Hall–Kier alpha value is -2.90. The zero-order valence-corrected chi connectivity index (χ0v) is 17.6. The first-order valence-electron chi connectivity index (χ1n) is 9.02. The number of halogens is 5. The molecular weight excluding hydrogens is 454 g/mol. The van der Waals surface area contributed by atoms with E-state index in [9.17, 15) is 18.3 Å². The van der Waals surface area contributed by atoms with Crippen molar-refractivity contribution in [3.8, 4) is 23.0 Å². The second kappa shape index (κ2) is 9.49. The van der Waals surface area contributed by atoms with Gasteiger partial charge in [-0.3, -0.25) is 4.99 Å². The topological polar surface area (TPSA) is 51.0 Å². The van der Waals surface area contributed by atoms with Crippen LogP contribution < -0.4 is 9.47 Å². The third-order valence-corrected chi connectivity index (χ3v) is 4.82. The molecule has 31 heavy (non-hydrogen) atoms. The summed E-state index contributed by atoms with van der Waals surface area (Å²) in [7, 11) is 0. The number of phenolic OH excluding ortho intramolecular Hbond substituents is 1. The summed E-state index contributed by atoms with van der Waals surface area (Å²) in [5, 5.41) is 10.8. The van der Waals surface area contributed by atoms with Crippen molar-refractivity contribution < 1.29 is 27.8 Å². The first-order chi connectivity index (χ1) is 14.7. The van der Waals surface area contributed by atoms with E-state index in [1.165, 1.54) is 24.4 Å². The van der Waals surface area contributed by atoms with Gasteiger partial charge in [-0.05, 0) is 49.4 Å². The summed E-state index contributed by atoms with van der Waals surface area (Å²) >= 11 is 11.9. The molecule has 0 aliphatic carbocycles. The van der Waals surface area contributed by atoms with Gasteiger partial charge in [0.1, 0.15) is 11.4 Å². The average Bonchev–Trinajstić information content (AvgIpc) is 2.71. The number of hydrogen-bond donors (Lipinski definition) is 1. The van der Waals surface area contributed by atoms with Crippen LogP contribution >= 0.6 is 23.2 Å². The molecule has 1 N–H and O–H groups in total. The van der Waals surface area contributed by atoms with Crippen LogP contribution in [0.2, 0.25) is 10.0 Å². The van der Waals surface area contributed by atoms with Gasteiger partial charge in [0.25, 0.3) is 0 Å². The number of para-hydroxylation sites is 1. The fraction of sp³-hybridized carbons (Fsp3) is 0.136. The van der Waals surface area contributed by atoms with Gasteiger partial charge in [0.2, 0.25) is 0 Å². The summed E-state index contributed by atoms with van der Waals surface area (Å²) in [6.07, 6.45) is -3.33. The van der Waals surface area contributed by atoms with E-state index in [1.54, 1.807) is 25.1 Å². The first kappa shape index (κ1) is 22.8. The molecule has 0 aliphatic heterocycles. The Morgan fingerprint density at radius 2 is 1.77 bits per heavy atom. The molecule has 0 heterocycles. The van der Waals surface area contributed by atoms with Crippen LogP contribution in [0, 0.1) is 0 Å². The molecule has 3 aromatic rings. The number of phenols is 1. The lowest BCUT2D eigenvalue weighted by Gasteiger charge is -2.13. The van der Waals surface area contributed by atoms with Gasteiger partial charge >= 0.3 is 6.18 Å². The molecule has 4 nitrogen and oxygen atoms in total. The highest BCUT2D eigenvalue weighted by atomic mass is 35.5. The number of nitrogens with zero attached hydrogens (tertiary/aromatic N) is 1. The van der Waals surface area contributed by atoms with Crippen molar-refractivity contribution >= 4 is 35.1 Å². The van der Waals surface area contributed by atoms with E-state index >= 15 is 0 Å². The van der Waals surface area contributed by atoms with E-state index in [-0.39, 0.29) is 39.3 Å². The smallest absolute Gasteiger partial charge is 0.416 e. The molecule has 0 saturated carbocycles. The molecule has 0 atom stereocenters. The van der Waals surface area contributed by atoms with Crippen molar-refractivity contribution in [1.82, 2.24) is 0 Å². The van der Waals surface area contributed by atoms with Crippen molar-refractivity contribution in [2.75, 3.05) is 6.61 Å². The summed E-state index contributed by atoms with van der Waals surface area (Å²) < 4.78 is 50.6. The molecule has 0 bridgehead atoms. The van der Waals surface area contributed by atoms with Crippen molar-refractivity contribution in [3.63, 3.8) is 0 Å². The summed E-state index contributed by atoms with van der Waals surface area (Å²) in [6, 6.07) is 12.1. The number of alkyl halides is 3. The Morgan fingerprint density at radius 1 is 1.00 bits per heavy atom. The SMILES string of the molecule is CCOc1cccc(C=Nc2cc(C(F)(F)F)ccc2Oc2ccc(Cl)c(Cl)c2)c1O. The number of benzene rings is 3. The second-order valence-electron chi connectivity index (χ2n) is 6.24. The molecule has 0 aromatic heterocycles. The Bertz CT molecular complexity index is 1120. The van der Waals surface area contributed by atoms with E-state index in [4.69, 9.17) is 32.7 Å². The number of ether oxygens (including phenoxy) is 2. The average molecular weight is 470 g/mol. The minimum absolute atomic E-state index is 0.0584. The van der Waals surface area contributed by atoms with E-state index in [2.05, 4.69) is 4.99 Å². The summed E-state index contributed by atoms with van der Waals surface area (Å²) in [6.45, 7) is 2.10. The highest BCUT2D eigenvalue weighted by Crippen LogP contribution is 2.39. The molecule has 9 heteroatoms. The lowest BCUT2D eigenvalue weighted by molar-refractivity contribution is -0.137. The number of hydrogen-bond acceptors (Lipinski definition) is 4. The molecule has 3 aromatic carbocycles. The fourth-order valence-corrected chi connectivity index (χ4v) is 2.89. The third kappa shape index (κ3) is 5.62. The largest absolute Gasteiger partial charge is 0.504 e. The van der Waals surface area contributed by atoms with E-state index in [0.29, 0.717) is 11.6 Å². The van der Waals surface area contributed by atoms with Crippen molar-refractivity contribution in [2.24, 2.45) is 4.99 Å². The van der Waals surface area contributed by atoms with Crippen LogP contribution in [0.3, 0.4) is 0 Å². The zero-order chi connectivity index (χ0) is 22.6. The van der Waals surface area contributed by atoms with E-state index < -0.39 is 11.7 Å². The first-order valence-corrected chi connectivity index (χ1v) is 9.77. The van der Waals surface area contributed by atoms with E-state index in [1.807, 2.05) is 0 Å². The van der Waals surface area contributed by atoms with Crippen molar-refractivity contribution in [3.05, 3.63) is 75.8 Å². The molecule has 0 fully saturated rings. The highest BCUT2D eigenvalue weighted by Gasteiger charge is 2.31. The monoisotopic (exact) mass is 469 g/mol. The Labute approximate surface area is 186 Å². The Kier molecular flexibility index (Phi) is 6.97. The van der Waals surface area contributed by atoms with Crippen molar-refractivity contribution in [1.29, 1.82) is 0 Å². The van der Waals surface area contributed by atoms with Crippen LogP contribution in [-0.4, -0.2) is 17.9 Å². The zero-order valence-electron chi connectivity index (χ0n) is 16.1. The van der Waals surface area contributed by atoms with Gasteiger partial charge in [-0.1, -0.05) is 29.3 Å². The molecule has 162 valence electrons. The standard InChI is InChI=1S/C22H16Cl2F3NO3/c1-2-30-20-5-3-4-13(21(20)29)12-28-18-10-14(22(25,26)27)6-9-19(18)31-15-7-8-16(23)17(24)11-15/h3-12,29H,2H2,1H3. The predicted octanol–water partition coefficient (Wildman–Crippen LogP) is 7.66. The van der Waals surface area contributed by atoms with Crippen LogP contribution in [0.25, 0.3) is 0 Å². The molecule has 0 saturated heterocycles. The quantitative estimate of drug-likeness (QED) is 0.377. The summed E-state index contributed by atoms with van der Waals surface area (Å²) in [4.78, 5) is 4.12. The molecule has 0 spiro atoms. The van der Waals surface area contributed by atoms with Gasteiger partial charge < -0.3 is 14.6 Å². The second-order valence-corrected chi connectivity index (χ2v) is 7.06. The molecule has 0 radical (unpaired) electrons. The van der Waals surface area contributed by atoms with Crippen LogP contribution in [-0.2, 0) is 6.18 Å². The van der Waals surface area contributed by atoms with Gasteiger partial charge in [-0.2, -0.15) is 13.2 Å². The summed E-state index contributed by atoms with van der Waals surface area (Å²) in [5.74, 6) is 0.393. The maximum absolute atomic E-state index is 13.2. The number of aliphatic imine (C=N–C) groups is 1. The van der Waals surface area contributed by atoms with E-state index in [0.717, 1.165) is 18.2 Å². The Morgan fingerprint density at radius 3 is 2.45 bits per heavy atom. The highest BCUT2D eigenvalue weighted by molar-refractivity contribution is 6.42. The lowest BCUT2D eigenvalue weighted by atomic mass is 10.1. The summed E-state index contributed by atoms with van der Waals surface area (Å²) in [5.41, 5.74) is -0.723. The van der Waals surface area contributed by atoms with Crippen LogP contribution in [0.5, 0.6) is 23.0 Å². The number of aromatic hydroxyl groups is 1. The van der Waals surface area contributed by atoms with Crippen molar-refractivity contribution in [2.45, 2.75) is 13.1 Å². The minimum Gasteiger partial charge on any atom is -0.504 e. The normalized spacial score (nSPS) is 11.7. The Balaban J connectivity index is 2.01.